The number of likely N-dealkylation sites (N-methyl/N-ethyl adjacent to an activating group) is 1. The lowest BCUT2D eigenvalue weighted by molar-refractivity contribution is -0.119. The Morgan fingerprint density at radius 2 is 2.09 bits per heavy atom. The summed E-state index contributed by atoms with van der Waals surface area (Å²) in [4.78, 5) is 11.1. The van der Waals surface area contributed by atoms with Gasteiger partial charge in [-0.3, -0.25) is 4.79 Å². The molecule has 0 aliphatic rings. The number of carbonyl (C=O) groups is 1. The van der Waals surface area contributed by atoms with Gasteiger partial charge in [-0.2, -0.15) is 0 Å². The first-order chi connectivity index (χ1) is 4.95. The van der Waals surface area contributed by atoms with E-state index in [0.29, 0.717) is 0 Å². The van der Waals surface area contributed by atoms with Crippen molar-refractivity contribution in [3.63, 3.8) is 0 Å². The van der Waals surface area contributed by atoms with Crippen molar-refractivity contribution in [1.82, 2.24) is 5.32 Å². The molecular formula is C7H14INOS. The normalized spacial score (nSPS) is 14.6. The van der Waals surface area contributed by atoms with Crippen molar-refractivity contribution in [1.29, 1.82) is 0 Å². The van der Waals surface area contributed by atoms with Crippen LogP contribution in [0.3, 0.4) is 0 Å². The van der Waals surface area contributed by atoms with E-state index in [-0.39, 0.29) is 16.6 Å². The van der Waals surface area contributed by atoms with Crippen LogP contribution in [0.15, 0.2) is 0 Å². The first-order valence-corrected chi connectivity index (χ1v) is 6.79. The number of hydrogen-bond acceptors (Lipinski definition) is 3. The van der Waals surface area contributed by atoms with Crippen LogP contribution in [0.25, 0.3) is 0 Å². The van der Waals surface area contributed by atoms with Gasteiger partial charge in [-0.1, -0.05) is 8.93 Å². The molecule has 0 bridgehead atoms. The van der Waals surface area contributed by atoms with Gasteiger partial charge >= 0.3 is 0 Å². The van der Waals surface area contributed by atoms with Crippen molar-refractivity contribution in [3.05, 3.63) is 0 Å². The van der Waals surface area contributed by atoms with Crippen molar-refractivity contribution >= 4 is 35.9 Å². The number of rotatable bonds is 4. The highest BCUT2D eigenvalue weighted by molar-refractivity contribution is 14.2. The van der Waals surface area contributed by atoms with Crippen LogP contribution in [0.2, 0.25) is 0 Å². The zero-order chi connectivity index (χ0) is 9.07. The monoisotopic (exact) mass is 287 g/mol. The summed E-state index contributed by atoms with van der Waals surface area (Å²) in [6.45, 7) is 5.75. The summed E-state index contributed by atoms with van der Waals surface area (Å²) in [7, 11) is 3.49. The maximum Gasteiger partial charge on any atom is 0.148 e. The van der Waals surface area contributed by atoms with Gasteiger partial charge in [0.15, 0.2) is 0 Å². The van der Waals surface area contributed by atoms with E-state index < -0.39 is 0 Å². The lowest BCUT2D eigenvalue weighted by atomic mass is 10.0. The van der Waals surface area contributed by atoms with Crippen LogP contribution in [-0.4, -0.2) is 23.6 Å². The van der Waals surface area contributed by atoms with E-state index in [2.05, 4.69) is 40.4 Å². The highest BCUT2D eigenvalue weighted by Gasteiger charge is 2.31. The van der Waals surface area contributed by atoms with E-state index in [1.165, 1.54) is 0 Å². The number of halogens is 1. The fourth-order valence-corrected chi connectivity index (χ4v) is 2.22. The summed E-state index contributed by atoms with van der Waals surface area (Å²) in [6, 6.07) is -0.0515. The Hall–Kier alpha value is 0.710. The van der Waals surface area contributed by atoms with Gasteiger partial charge in [0.1, 0.15) is 5.78 Å². The molecule has 66 valence electrons. The van der Waals surface area contributed by atoms with Gasteiger partial charge in [0.05, 0.1) is 6.04 Å². The molecule has 11 heavy (non-hydrogen) atoms. The number of hydrogen-bond donors (Lipinski definition) is 1. The molecule has 0 aromatic rings. The molecule has 0 aliphatic carbocycles. The summed E-state index contributed by atoms with van der Waals surface area (Å²) < 4.78 is -0.0266. The van der Waals surface area contributed by atoms with E-state index in [1.54, 1.807) is 15.9 Å². The minimum Gasteiger partial charge on any atom is -0.309 e. The summed E-state index contributed by atoms with van der Waals surface area (Å²) in [6.07, 6.45) is 0. The summed E-state index contributed by atoms with van der Waals surface area (Å²) in [5.41, 5.74) is 0. The third-order valence-corrected chi connectivity index (χ3v) is 5.63. The fraction of sp³-hybridized carbons (Fsp3) is 0.857. The van der Waals surface area contributed by atoms with Gasteiger partial charge in [0, 0.05) is 4.75 Å². The second-order valence-corrected chi connectivity index (χ2v) is 5.54. The van der Waals surface area contributed by atoms with E-state index >= 15 is 0 Å². The third kappa shape index (κ3) is 3.29. The molecule has 2 nitrogen and oxygen atoms in total. The number of carbonyl (C=O) groups excluding carboxylic acids is 1. The molecule has 0 saturated heterocycles. The van der Waals surface area contributed by atoms with E-state index in [4.69, 9.17) is 0 Å². The van der Waals surface area contributed by atoms with Crippen LogP contribution in [-0.2, 0) is 4.79 Å². The molecule has 0 saturated carbocycles. The highest BCUT2D eigenvalue weighted by atomic mass is 127. The first-order valence-electron chi connectivity index (χ1n) is 3.43. The van der Waals surface area contributed by atoms with E-state index in [1.807, 2.05) is 7.05 Å². The Morgan fingerprint density at radius 1 is 1.64 bits per heavy atom. The van der Waals surface area contributed by atoms with Crippen LogP contribution in [0.4, 0.5) is 0 Å². The Labute approximate surface area is 84.5 Å². The van der Waals surface area contributed by atoms with E-state index in [9.17, 15) is 4.79 Å². The predicted molar refractivity (Wildman–Crippen MR) is 59.2 cm³/mol. The van der Waals surface area contributed by atoms with Gasteiger partial charge in [-0.25, -0.2) is 0 Å². The molecular weight excluding hydrogens is 273 g/mol. The van der Waals surface area contributed by atoms with Crippen molar-refractivity contribution in [2.24, 2.45) is 0 Å². The Kier molecular flexibility index (Phi) is 4.97. The van der Waals surface area contributed by atoms with Gasteiger partial charge in [0.2, 0.25) is 0 Å². The van der Waals surface area contributed by atoms with Crippen LogP contribution >= 0.6 is 30.1 Å². The van der Waals surface area contributed by atoms with Crippen LogP contribution < -0.4 is 5.32 Å². The molecule has 1 atom stereocenters. The standard InChI is InChI=1S/C7H14INOS/c1-5(10)6(9-4)7(2,3)11-8/h6,9H,1-4H3/t6-/m1/s1. The molecule has 0 aliphatic heterocycles. The quantitative estimate of drug-likeness (QED) is 0.802. The smallest absolute Gasteiger partial charge is 0.148 e. The minimum absolute atomic E-state index is 0.0266. The molecule has 0 amide bonds. The lowest BCUT2D eigenvalue weighted by Crippen LogP contribution is -2.47. The van der Waals surface area contributed by atoms with Gasteiger partial charge in [-0.05, 0) is 49.0 Å². The molecule has 0 heterocycles. The average Bonchev–Trinajstić information content (AvgIpc) is 1.88. The van der Waals surface area contributed by atoms with Gasteiger partial charge in [-0.15, -0.1) is 0 Å². The van der Waals surface area contributed by atoms with Crippen molar-refractivity contribution in [3.8, 4) is 0 Å². The maximum atomic E-state index is 11.1. The third-order valence-electron chi connectivity index (χ3n) is 1.59. The van der Waals surface area contributed by atoms with Crippen molar-refractivity contribution in [2.75, 3.05) is 7.05 Å². The molecule has 0 aromatic carbocycles. The van der Waals surface area contributed by atoms with Crippen LogP contribution in [0.1, 0.15) is 20.8 Å². The number of ketones is 1. The number of nitrogens with one attached hydrogen (secondary N) is 1. The molecule has 4 heteroatoms. The molecule has 0 rings (SSSR count). The largest absolute Gasteiger partial charge is 0.309 e. The predicted octanol–water partition coefficient (Wildman–Crippen LogP) is 2.03. The Balaban J connectivity index is 4.36. The molecule has 0 unspecified atom stereocenters. The number of Topliss-reactive ketones (excluding diaryl/α,β-unsaturated/α-hetero) is 1. The summed E-state index contributed by atoms with van der Waals surface area (Å²) in [5, 5.41) is 3.02. The van der Waals surface area contributed by atoms with Crippen molar-refractivity contribution < 1.29 is 4.79 Å². The second-order valence-electron chi connectivity index (χ2n) is 3.01. The average molecular weight is 287 g/mol. The topological polar surface area (TPSA) is 29.1 Å². The SMILES string of the molecule is CN[C@H](C(C)=O)C(C)(C)SI. The summed E-state index contributed by atoms with van der Waals surface area (Å²) >= 11 is 2.23. The van der Waals surface area contributed by atoms with E-state index in [0.717, 1.165) is 0 Å². The molecule has 0 radical (unpaired) electrons. The fourth-order valence-electron chi connectivity index (χ4n) is 1.08. The lowest BCUT2D eigenvalue weighted by Gasteiger charge is -2.29. The Morgan fingerprint density at radius 3 is 2.18 bits per heavy atom. The van der Waals surface area contributed by atoms with Crippen LogP contribution in [0, 0.1) is 0 Å². The van der Waals surface area contributed by atoms with Gasteiger partial charge in [0.25, 0.3) is 0 Å². The van der Waals surface area contributed by atoms with Gasteiger partial charge < -0.3 is 5.32 Å². The highest BCUT2D eigenvalue weighted by Crippen LogP contribution is 2.33. The maximum absolute atomic E-state index is 11.1. The molecule has 0 aromatic heterocycles. The Bertz CT molecular complexity index is 149. The zero-order valence-electron chi connectivity index (χ0n) is 7.27. The van der Waals surface area contributed by atoms with Crippen molar-refractivity contribution in [2.45, 2.75) is 31.6 Å². The molecule has 0 fully saturated rings. The van der Waals surface area contributed by atoms with Crippen LogP contribution in [0.5, 0.6) is 0 Å². The molecule has 0 spiro atoms. The summed E-state index contributed by atoms with van der Waals surface area (Å²) in [5.74, 6) is 0.196. The minimum atomic E-state index is -0.0515. The molecule has 1 N–H and O–H groups in total. The second kappa shape index (κ2) is 4.67. The first kappa shape index (κ1) is 11.7. The zero-order valence-corrected chi connectivity index (χ0v) is 10.2.